The van der Waals surface area contributed by atoms with E-state index in [1.54, 1.807) is 0 Å². The Balaban J connectivity index is 1.49. The van der Waals surface area contributed by atoms with Gasteiger partial charge in [-0.3, -0.25) is 0 Å². The van der Waals surface area contributed by atoms with E-state index < -0.39 is 0 Å². The van der Waals surface area contributed by atoms with Crippen molar-refractivity contribution in [2.75, 3.05) is 32.8 Å². The number of nitrogens with one attached hydrogen (secondary N) is 1. The lowest BCUT2D eigenvalue weighted by Crippen LogP contribution is -2.52. The van der Waals surface area contributed by atoms with Crippen LogP contribution < -0.4 is 5.32 Å². The Bertz CT molecular complexity index is 323. The molecule has 0 aromatic rings. The summed E-state index contributed by atoms with van der Waals surface area (Å²) in [7, 11) is 0. The molecule has 122 valence electrons. The molecule has 21 heavy (non-hydrogen) atoms. The third-order valence-corrected chi connectivity index (χ3v) is 6.56. The summed E-state index contributed by atoms with van der Waals surface area (Å²) in [6.45, 7) is 7.55. The number of aliphatic hydroxyl groups is 1. The molecule has 0 bridgehead atoms. The van der Waals surface area contributed by atoms with Crippen LogP contribution >= 0.6 is 0 Å². The van der Waals surface area contributed by atoms with Gasteiger partial charge in [0.25, 0.3) is 0 Å². The molecule has 0 amide bonds. The molecule has 0 spiro atoms. The van der Waals surface area contributed by atoms with E-state index in [-0.39, 0.29) is 5.54 Å². The Labute approximate surface area is 130 Å². The predicted molar refractivity (Wildman–Crippen MR) is 87.3 cm³/mol. The van der Waals surface area contributed by atoms with E-state index in [1.165, 1.54) is 64.6 Å². The average molecular weight is 294 g/mol. The van der Waals surface area contributed by atoms with Gasteiger partial charge in [0.05, 0.1) is 6.61 Å². The quantitative estimate of drug-likeness (QED) is 0.758. The van der Waals surface area contributed by atoms with Gasteiger partial charge in [0.2, 0.25) is 0 Å². The van der Waals surface area contributed by atoms with Crippen molar-refractivity contribution in [2.45, 2.75) is 63.8 Å². The predicted octanol–water partition coefficient (Wildman–Crippen LogP) is 2.64. The second-order valence-corrected chi connectivity index (χ2v) is 7.83. The summed E-state index contributed by atoms with van der Waals surface area (Å²) >= 11 is 0. The van der Waals surface area contributed by atoms with Gasteiger partial charge < -0.3 is 15.3 Å². The van der Waals surface area contributed by atoms with E-state index in [0.717, 1.165) is 24.8 Å². The van der Waals surface area contributed by atoms with E-state index in [0.29, 0.717) is 12.5 Å². The van der Waals surface area contributed by atoms with Crippen LogP contribution in [-0.4, -0.2) is 48.3 Å². The summed E-state index contributed by atoms with van der Waals surface area (Å²) in [5, 5.41) is 13.7. The molecular formula is C18H34N2O. The maximum atomic E-state index is 9.96. The van der Waals surface area contributed by atoms with Crippen molar-refractivity contribution in [1.82, 2.24) is 10.2 Å². The molecule has 1 saturated heterocycles. The Morgan fingerprint density at radius 2 is 1.90 bits per heavy atom. The number of hydrogen-bond acceptors (Lipinski definition) is 3. The van der Waals surface area contributed by atoms with Crippen molar-refractivity contribution >= 4 is 0 Å². The smallest absolute Gasteiger partial charge is 0.0616 e. The summed E-state index contributed by atoms with van der Waals surface area (Å²) in [6.07, 6.45) is 10.6. The standard InChI is InChI=1S/C18H34N2O/c1-2-10-19-18(14-21)9-4-7-17(18)8-11-20-12-15-5-3-6-16(15)13-20/h15-17,19,21H,2-14H2,1H3. The molecule has 2 N–H and O–H groups in total. The average Bonchev–Trinajstić information content (AvgIpc) is 3.17. The molecule has 1 aliphatic heterocycles. The Morgan fingerprint density at radius 1 is 1.14 bits per heavy atom. The van der Waals surface area contributed by atoms with Gasteiger partial charge in [0, 0.05) is 18.6 Å². The molecule has 2 saturated carbocycles. The molecule has 3 fully saturated rings. The second-order valence-electron chi connectivity index (χ2n) is 7.83. The van der Waals surface area contributed by atoms with Gasteiger partial charge in [-0.05, 0) is 69.4 Å². The van der Waals surface area contributed by atoms with Gasteiger partial charge in [0.15, 0.2) is 0 Å². The van der Waals surface area contributed by atoms with E-state index in [1.807, 2.05) is 0 Å². The molecule has 3 heteroatoms. The zero-order valence-corrected chi connectivity index (χ0v) is 13.8. The summed E-state index contributed by atoms with van der Waals surface area (Å²) in [6, 6.07) is 0. The maximum Gasteiger partial charge on any atom is 0.0616 e. The van der Waals surface area contributed by atoms with Crippen molar-refractivity contribution in [1.29, 1.82) is 0 Å². The van der Waals surface area contributed by atoms with E-state index in [4.69, 9.17) is 0 Å². The Kier molecular flexibility index (Phi) is 5.23. The lowest BCUT2D eigenvalue weighted by Gasteiger charge is -2.36. The van der Waals surface area contributed by atoms with Crippen LogP contribution in [0.4, 0.5) is 0 Å². The first-order chi connectivity index (χ1) is 10.3. The van der Waals surface area contributed by atoms with Gasteiger partial charge in [-0.2, -0.15) is 0 Å². The van der Waals surface area contributed by atoms with Crippen molar-refractivity contribution in [3.8, 4) is 0 Å². The van der Waals surface area contributed by atoms with Gasteiger partial charge in [-0.1, -0.05) is 19.8 Å². The molecule has 0 radical (unpaired) electrons. The molecule has 3 aliphatic rings. The fourth-order valence-electron chi connectivity index (χ4n) is 5.29. The molecule has 2 aliphatic carbocycles. The van der Waals surface area contributed by atoms with Gasteiger partial charge in [-0.25, -0.2) is 0 Å². The van der Waals surface area contributed by atoms with Gasteiger partial charge in [-0.15, -0.1) is 0 Å². The van der Waals surface area contributed by atoms with Crippen molar-refractivity contribution in [3.63, 3.8) is 0 Å². The normalized spacial score (nSPS) is 40.0. The van der Waals surface area contributed by atoms with Gasteiger partial charge in [0.1, 0.15) is 0 Å². The molecule has 0 aromatic carbocycles. The highest BCUT2D eigenvalue weighted by atomic mass is 16.3. The fraction of sp³-hybridized carbons (Fsp3) is 1.00. The molecule has 3 nitrogen and oxygen atoms in total. The minimum Gasteiger partial charge on any atom is -0.394 e. The van der Waals surface area contributed by atoms with Crippen molar-refractivity contribution < 1.29 is 5.11 Å². The third kappa shape index (κ3) is 3.30. The van der Waals surface area contributed by atoms with E-state index >= 15 is 0 Å². The summed E-state index contributed by atoms with van der Waals surface area (Å²) < 4.78 is 0. The number of fused-ring (bicyclic) bond motifs is 1. The van der Waals surface area contributed by atoms with Gasteiger partial charge >= 0.3 is 0 Å². The van der Waals surface area contributed by atoms with E-state index in [9.17, 15) is 5.11 Å². The van der Waals surface area contributed by atoms with Crippen molar-refractivity contribution in [3.05, 3.63) is 0 Å². The Morgan fingerprint density at radius 3 is 2.57 bits per heavy atom. The zero-order chi connectivity index (χ0) is 14.7. The third-order valence-electron chi connectivity index (χ3n) is 6.56. The van der Waals surface area contributed by atoms with E-state index in [2.05, 4.69) is 17.1 Å². The minimum absolute atomic E-state index is 0.0333. The van der Waals surface area contributed by atoms with Crippen LogP contribution in [0, 0.1) is 17.8 Å². The fourth-order valence-corrected chi connectivity index (χ4v) is 5.29. The molecular weight excluding hydrogens is 260 g/mol. The lowest BCUT2D eigenvalue weighted by atomic mass is 9.85. The highest BCUT2D eigenvalue weighted by molar-refractivity contribution is 4.99. The number of aliphatic hydroxyl groups excluding tert-OH is 1. The number of hydrogen-bond donors (Lipinski definition) is 2. The lowest BCUT2D eigenvalue weighted by molar-refractivity contribution is 0.112. The second kappa shape index (κ2) is 6.97. The first kappa shape index (κ1) is 15.8. The molecule has 4 unspecified atom stereocenters. The summed E-state index contributed by atoms with van der Waals surface area (Å²) in [5.41, 5.74) is 0.0333. The van der Waals surface area contributed by atoms with Crippen LogP contribution in [-0.2, 0) is 0 Å². The molecule has 0 aromatic heterocycles. The summed E-state index contributed by atoms with van der Waals surface area (Å²) in [5.74, 6) is 2.69. The first-order valence-electron chi connectivity index (χ1n) is 9.35. The van der Waals surface area contributed by atoms with Crippen LogP contribution in [0.5, 0.6) is 0 Å². The largest absolute Gasteiger partial charge is 0.394 e. The number of likely N-dealkylation sites (tertiary alicyclic amines) is 1. The zero-order valence-electron chi connectivity index (χ0n) is 13.8. The van der Waals surface area contributed by atoms with Crippen LogP contribution in [0.25, 0.3) is 0 Å². The Hall–Kier alpha value is -0.120. The highest BCUT2D eigenvalue weighted by Crippen LogP contribution is 2.40. The number of rotatable bonds is 7. The van der Waals surface area contributed by atoms with Crippen LogP contribution in [0.3, 0.4) is 0 Å². The molecule has 1 heterocycles. The minimum atomic E-state index is 0.0333. The van der Waals surface area contributed by atoms with Crippen LogP contribution in [0.15, 0.2) is 0 Å². The highest BCUT2D eigenvalue weighted by Gasteiger charge is 2.42. The summed E-state index contributed by atoms with van der Waals surface area (Å²) in [4.78, 5) is 2.72. The molecule has 3 rings (SSSR count). The SMILES string of the molecule is CCCNC1(CO)CCCC1CCN1CC2CCCC2C1. The van der Waals surface area contributed by atoms with Crippen LogP contribution in [0.2, 0.25) is 0 Å². The topological polar surface area (TPSA) is 35.5 Å². The first-order valence-corrected chi connectivity index (χ1v) is 9.35. The maximum absolute atomic E-state index is 9.96. The molecule has 4 atom stereocenters. The van der Waals surface area contributed by atoms with Crippen molar-refractivity contribution in [2.24, 2.45) is 17.8 Å². The number of nitrogens with zero attached hydrogens (tertiary/aromatic N) is 1. The van der Waals surface area contributed by atoms with Crippen LogP contribution in [0.1, 0.15) is 58.3 Å². The monoisotopic (exact) mass is 294 g/mol.